The minimum Gasteiger partial charge on any atom is -0.450 e. The molecule has 0 bridgehead atoms. The molecule has 31 heavy (non-hydrogen) atoms. The minimum absolute atomic E-state index is 0.0518. The molecule has 0 N–H and O–H groups in total. The lowest BCUT2D eigenvalue weighted by atomic mass is 10.2. The topological polar surface area (TPSA) is 67.7 Å². The van der Waals surface area contributed by atoms with E-state index in [9.17, 15) is 18.4 Å². The Hall–Kier alpha value is -3.27. The van der Waals surface area contributed by atoms with Crippen molar-refractivity contribution in [3.8, 4) is 16.3 Å². The van der Waals surface area contributed by atoms with Crippen LogP contribution in [0.25, 0.3) is 16.3 Å². The summed E-state index contributed by atoms with van der Waals surface area (Å²) in [5, 5.41) is 6.21. The van der Waals surface area contributed by atoms with Crippen LogP contribution >= 0.6 is 11.3 Å². The molecule has 7 nitrogen and oxygen atoms in total. The van der Waals surface area contributed by atoms with E-state index in [0.717, 1.165) is 17.0 Å². The van der Waals surface area contributed by atoms with Crippen LogP contribution in [0.5, 0.6) is 0 Å². The summed E-state index contributed by atoms with van der Waals surface area (Å²) in [6.45, 7) is 3.42. The van der Waals surface area contributed by atoms with Crippen molar-refractivity contribution in [2.75, 3.05) is 32.8 Å². The van der Waals surface area contributed by atoms with E-state index in [1.165, 1.54) is 22.1 Å². The smallest absolute Gasteiger partial charge is 0.409 e. The van der Waals surface area contributed by atoms with Crippen LogP contribution in [0, 0.1) is 11.6 Å². The Bertz CT molecular complexity index is 1090. The normalized spacial score (nSPS) is 14.0. The third-order valence-corrected chi connectivity index (χ3v) is 5.83. The standard InChI is InChI=1S/C21H20F2N4O3S/c1-2-30-21(29)26-9-7-25(8-10-26)20(28)16-13-18(19-4-3-11-31-19)27(24-16)17-6-5-14(22)12-15(17)23/h3-6,11-13H,2,7-10H2,1H3. The van der Waals surface area contributed by atoms with Gasteiger partial charge >= 0.3 is 6.09 Å². The highest BCUT2D eigenvalue weighted by molar-refractivity contribution is 7.13. The first-order chi connectivity index (χ1) is 15.0. The Morgan fingerprint density at radius 3 is 2.48 bits per heavy atom. The summed E-state index contributed by atoms with van der Waals surface area (Å²) in [4.78, 5) is 28.9. The van der Waals surface area contributed by atoms with Gasteiger partial charge in [0, 0.05) is 32.2 Å². The van der Waals surface area contributed by atoms with Crippen molar-refractivity contribution in [1.82, 2.24) is 19.6 Å². The third kappa shape index (κ3) is 4.29. The third-order valence-electron chi connectivity index (χ3n) is 4.93. The largest absolute Gasteiger partial charge is 0.450 e. The number of carbonyl (C=O) groups is 2. The second-order valence-electron chi connectivity index (χ2n) is 6.88. The Kier molecular flexibility index (Phi) is 5.99. The lowest BCUT2D eigenvalue weighted by Crippen LogP contribution is -2.50. The molecule has 3 heterocycles. The molecule has 0 saturated carbocycles. The van der Waals surface area contributed by atoms with Crippen LogP contribution in [0.1, 0.15) is 17.4 Å². The van der Waals surface area contributed by atoms with Crippen LogP contribution in [0.4, 0.5) is 13.6 Å². The number of carbonyl (C=O) groups excluding carboxylic acids is 2. The molecule has 1 aliphatic heterocycles. The number of aromatic nitrogens is 2. The Morgan fingerprint density at radius 2 is 1.84 bits per heavy atom. The molecule has 1 aliphatic rings. The van der Waals surface area contributed by atoms with Gasteiger partial charge in [0.15, 0.2) is 11.5 Å². The number of ether oxygens (including phenoxy) is 1. The summed E-state index contributed by atoms with van der Waals surface area (Å²) in [6, 6.07) is 8.51. The molecule has 0 unspecified atom stereocenters. The molecule has 2 amide bonds. The predicted molar refractivity (Wildman–Crippen MR) is 111 cm³/mol. The van der Waals surface area contributed by atoms with E-state index in [1.54, 1.807) is 22.8 Å². The van der Waals surface area contributed by atoms with Crippen molar-refractivity contribution in [3.63, 3.8) is 0 Å². The summed E-state index contributed by atoms with van der Waals surface area (Å²) in [7, 11) is 0. The SMILES string of the molecule is CCOC(=O)N1CCN(C(=O)c2cc(-c3cccs3)n(-c3ccc(F)cc3F)n2)CC1. The fraction of sp³-hybridized carbons (Fsp3) is 0.286. The zero-order valence-electron chi connectivity index (χ0n) is 16.8. The van der Waals surface area contributed by atoms with E-state index in [-0.39, 0.29) is 17.3 Å². The van der Waals surface area contributed by atoms with Crippen LogP contribution in [0.15, 0.2) is 41.8 Å². The van der Waals surface area contributed by atoms with Crippen LogP contribution in [-0.2, 0) is 4.74 Å². The van der Waals surface area contributed by atoms with Crippen molar-refractivity contribution in [3.05, 3.63) is 59.1 Å². The van der Waals surface area contributed by atoms with Gasteiger partial charge in [-0.3, -0.25) is 4.79 Å². The molecule has 0 aliphatic carbocycles. The van der Waals surface area contributed by atoms with E-state index in [0.29, 0.717) is 38.5 Å². The summed E-state index contributed by atoms with van der Waals surface area (Å²) in [5.74, 6) is -1.78. The van der Waals surface area contributed by atoms with Crippen molar-refractivity contribution in [2.24, 2.45) is 0 Å². The highest BCUT2D eigenvalue weighted by Gasteiger charge is 2.28. The number of nitrogens with zero attached hydrogens (tertiary/aromatic N) is 4. The fourth-order valence-electron chi connectivity index (χ4n) is 3.39. The fourth-order valence-corrected chi connectivity index (χ4v) is 4.12. The molecule has 1 aromatic carbocycles. The summed E-state index contributed by atoms with van der Waals surface area (Å²) >= 11 is 1.42. The zero-order chi connectivity index (χ0) is 22.0. The first kappa shape index (κ1) is 21.0. The predicted octanol–water partition coefficient (Wildman–Crippen LogP) is 3.79. The lowest BCUT2D eigenvalue weighted by Gasteiger charge is -2.33. The Morgan fingerprint density at radius 1 is 1.10 bits per heavy atom. The monoisotopic (exact) mass is 446 g/mol. The van der Waals surface area contributed by atoms with Gasteiger partial charge in [0.05, 0.1) is 17.2 Å². The van der Waals surface area contributed by atoms with Gasteiger partial charge in [-0.2, -0.15) is 5.10 Å². The number of amides is 2. The molecular formula is C21H20F2N4O3S. The van der Waals surface area contributed by atoms with Gasteiger partial charge in [0.2, 0.25) is 0 Å². The summed E-state index contributed by atoms with van der Waals surface area (Å²) < 4.78 is 34.2. The maximum Gasteiger partial charge on any atom is 0.409 e. The number of piperazine rings is 1. The second kappa shape index (κ2) is 8.84. The van der Waals surface area contributed by atoms with E-state index in [2.05, 4.69) is 5.10 Å². The first-order valence-electron chi connectivity index (χ1n) is 9.78. The van der Waals surface area contributed by atoms with Crippen molar-refractivity contribution in [1.29, 1.82) is 0 Å². The van der Waals surface area contributed by atoms with Gasteiger partial charge in [-0.1, -0.05) is 6.07 Å². The van der Waals surface area contributed by atoms with Crippen LogP contribution in [-0.4, -0.2) is 64.4 Å². The van der Waals surface area contributed by atoms with E-state index >= 15 is 0 Å². The minimum atomic E-state index is -0.775. The Balaban J connectivity index is 1.61. The zero-order valence-corrected chi connectivity index (χ0v) is 17.6. The molecular weight excluding hydrogens is 426 g/mol. The van der Waals surface area contributed by atoms with Gasteiger partial charge < -0.3 is 14.5 Å². The molecule has 0 radical (unpaired) electrons. The summed E-state index contributed by atoms with van der Waals surface area (Å²) in [6.07, 6.45) is -0.398. The number of rotatable bonds is 4. The molecule has 3 aromatic rings. The van der Waals surface area contributed by atoms with Gasteiger partial charge in [-0.05, 0) is 36.6 Å². The van der Waals surface area contributed by atoms with Crippen molar-refractivity contribution in [2.45, 2.75) is 6.92 Å². The first-order valence-corrected chi connectivity index (χ1v) is 10.7. The maximum atomic E-state index is 14.5. The maximum absolute atomic E-state index is 14.5. The number of benzene rings is 1. The number of hydrogen-bond acceptors (Lipinski definition) is 5. The van der Waals surface area contributed by atoms with Crippen molar-refractivity contribution >= 4 is 23.3 Å². The summed E-state index contributed by atoms with van der Waals surface area (Å²) in [5.41, 5.74) is 0.738. The van der Waals surface area contributed by atoms with Gasteiger partial charge in [-0.15, -0.1) is 11.3 Å². The quantitative estimate of drug-likeness (QED) is 0.612. The molecule has 10 heteroatoms. The van der Waals surface area contributed by atoms with Crippen LogP contribution in [0.2, 0.25) is 0 Å². The number of halogens is 2. The number of hydrogen-bond donors (Lipinski definition) is 0. The van der Waals surface area contributed by atoms with E-state index < -0.39 is 17.7 Å². The van der Waals surface area contributed by atoms with E-state index in [1.807, 2.05) is 17.5 Å². The second-order valence-corrected chi connectivity index (χ2v) is 7.83. The molecule has 4 rings (SSSR count). The lowest BCUT2D eigenvalue weighted by molar-refractivity contribution is 0.0565. The van der Waals surface area contributed by atoms with Gasteiger partial charge in [0.1, 0.15) is 11.5 Å². The number of thiophene rings is 1. The van der Waals surface area contributed by atoms with Crippen molar-refractivity contribution < 1.29 is 23.1 Å². The van der Waals surface area contributed by atoms with Crippen LogP contribution in [0.3, 0.4) is 0 Å². The van der Waals surface area contributed by atoms with E-state index in [4.69, 9.17) is 4.74 Å². The molecule has 1 saturated heterocycles. The molecule has 0 atom stereocenters. The average Bonchev–Trinajstić information content (AvgIpc) is 3.43. The molecule has 1 fully saturated rings. The average molecular weight is 446 g/mol. The van der Waals surface area contributed by atoms with Gasteiger partial charge in [0.25, 0.3) is 5.91 Å². The molecule has 0 spiro atoms. The van der Waals surface area contributed by atoms with Gasteiger partial charge in [-0.25, -0.2) is 18.3 Å². The molecule has 162 valence electrons. The molecule has 2 aromatic heterocycles. The highest BCUT2D eigenvalue weighted by Crippen LogP contribution is 2.29. The van der Waals surface area contributed by atoms with Crippen LogP contribution < -0.4 is 0 Å². The Labute approximate surface area is 181 Å². The highest BCUT2D eigenvalue weighted by atomic mass is 32.1.